The van der Waals surface area contributed by atoms with E-state index in [0.717, 1.165) is 17.2 Å². The first-order valence-corrected chi connectivity index (χ1v) is 6.73. The molecular formula is C17H26O4. The summed E-state index contributed by atoms with van der Waals surface area (Å²) in [5, 5.41) is 27.2. The predicted molar refractivity (Wildman–Crippen MR) is 85.0 cm³/mol. The van der Waals surface area contributed by atoms with Gasteiger partial charge in [-0.05, 0) is 22.5 Å². The number of carbonyl (C=O) groups is 1. The molecule has 0 saturated heterocycles. The molecule has 0 amide bonds. The molecule has 0 aromatic heterocycles. The third-order valence-electron chi connectivity index (χ3n) is 2.89. The van der Waals surface area contributed by atoms with E-state index in [-0.39, 0.29) is 22.3 Å². The fourth-order valence-corrected chi connectivity index (χ4v) is 1.96. The Morgan fingerprint density at radius 3 is 1.76 bits per heavy atom. The second-order valence-electron chi connectivity index (χ2n) is 6.90. The van der Waals surface area contributed by atoms with Crippen molar-refractivity contribution < 1.29 is 20.1 Å². The molecule has 4 nitrogen and oxygen atoms in total. The second kappa shape index (κ2) is 6.66. The lowest BCUT2D eigenvalue weighted by atomic mass is 9.74. The Bertz CT molecular complexity index is 517. The minimum Gasteiger partial charge on any atom is -0.504 e. The Labute approximate surface area is 126 Å². The second-order valence-corrected chi connectivity index (χ2v) is 6.90. The fourth-order valence-electron chi connectivity index (χ4n) is 1.96. The largest absolute Gasteiger partial charge is 0.504 e. The molecule has 1 rings (SSSR count). The van der Waals surface area contributed by atoms with Gasteiger partial charge in [0.15, 0.2) is 11.5 Å². The van der Waals surface area contributed by atoms with Crippen LogP contribution in [0.15, 0.2) is 24.8 Å². The van der Waals surface area contributed by atoms with Gasteiger partial charge in [-0.3, -0.25) is 0 Å². The van der Waals surface area contributed by atoms with Crippen molar-refractivity contribution in [1.82, 2.24) is 0 Å². The Balaban J connectivity index is 0.000000690. The monoisotopic (exact) mass is 294 g/mol. The Hall–Kier alpha value is -1.97. The van der Waals surface area contributed by atoms with E-state index in [1.165, 1.54) is 0 Å². The highest BCUT2D eigenvalue weighted by atomic mass is 16.4. The maximum atomic E-state index is 10.0. The predicted octanol–water partition coefficient (Wildman–Crippen LogP) is 3.95. The molecular weight excluding hydrogens is 268 g/mol. The standard InChI is InChI=1S/C14H22O2.C3H4O2/c1-13(2,3)9-7-8-10(15)12(16)11(9)14(4,5)6;1-2-3(4)5/h7-8,15-16H,1-6H3;2H,1H2,(H,4,5). The fraction of sp³-hybridized carbons (Fsp3) is 0.471. The lowest BCUT2D eigenvalue weighted by Crippen LogP contribution is -2.22. The molecule has 0 aliphatic carbocycles. The first-order valence-electron chi connectivity index (χ1n) is 6.73. The van der Waals surface area contributed by atoms with Crippen LogP contribution in [0.25, 0.3) is 0 Å². The van der Waals surface area contributed by atoms with Crippen molar-refractivity contribution >= 4 is 5.97 Å². The Kier molecular flexibility index (Phi) is 6.03. The first kappa shape index (κ1) is 19.0. The van der Waals surface area contributed by atoms with E-state index in [0.29, 0.717) is 0 Å². The van der Waals surface area contributed by atoms with Crippen LogP contribution < -0.4 is 0 Å². The molecule has 0 unspecified atom stereocenters. The normalized spacial score (nSPS) is 11.3. The molecule has 0 aliphatic rings. The van der Waals surface area contributed by atoms with Crippen molar-refractivity contribution in [3.05, 3.63) is 35.9 Å². The molecule has 1 aromatic carbocycles. The van der Waals surface area contributed by atoms with E-state index < -0.39 is 5.97 Å². The van der Waals surface area contributed by atoms with Gasteiger partial charge in [0, 0.05) is 11.6 Å². The number of carboxylic acid groups (broad SMARTS) is 1. The van der Waals surface area contributed by atoms with Crippen molar-refractivity contribution in [3.8, 4) is 11.5 Å². The topological polar surface area (TPSA) is 77.8 Å². The molecule has 0 spiro atoms. The number of phenols is 2. The molecule has 0 heterocycles. The average Bonchev–Trinajstić information content (AvgIpc) is 2.30. The summed E-state index contributed by atoms with van der Waals surface area (Å²) in [7, 11) is 0. The summed E-state index contributed by atoms with van der Waals surface area (Å²) >= 11 is 0. The van der Waals surface area contributed by atoms with Crippen molar-refractivity contribution in [3.63, 3.8) is 0 Å². The van der Waals surface area contributed by atoms with Gasteiger partial charge >= 0.3 is 5.97 Å². The third kappa shape index (κ3) is 5.50. The van der Waals surface area contributed by atoms with Crippen LogP contribution in [-0.4, -0.2) is 21.3 Å². The zero-order valence-corrected chi connectivity index (χ0v) is 13.7. The minimum atomic E-state index is -0.981. The molecule has 0 atom stereocenters. The maximum absolute atomic E-state index is 10.0. The van der Waals surface area contributed by atoms with Gasteiger partial charge in [-0.2, -0.15) is 0 Å². The minimum absolute atomic E-state index is 0.0138. The number of hydrogen-bond acceptors (Lipinski definition) is 3. The highest BCUT2D eigenvalue weighted by Gasteiger charge is 2.29. The molecule has 3 N–H and O–H groups in total. The SMILES string of the molecule is C=CC(=O)O.CC(C)(C)c1ccc(O)c(O)c1C(C)(C)C. The number of phenolic OH excluding ortho intramolecular Hbond substituents is 2. The van der Waals surface area contributed by atoms with Gasteiger partial charge in [0.1, 0.15) is 0 Å². The van der Waals surface area contributed by atoms with Gasteiger partial charge in [0.2, 0.25) is 0 Å². The average molecular weight is 294 g/mol. The van der Waals surface area contributed by atoms with Crippen LogP contribution >= 0.6 is 0 Å². The summed E-state index contributed by atoms with van der Waals surface area (Å²) in [4.78, 5) is 9.25. The number of carboxylic acids is 1. The van der Waals surface area contributed by atoms with Crippen molar-refractivity contribution in [2.45, 2.75) is 52.4 Å². The van der Waals surface area contributed by atoms with Crippen LogP contribution in [0.5, 0.6) is 11.5 Å². The first-order chi connectivity index (χ1) is 9.32. The smallest absolute Gasteiger partial charge is 0.327 e. The van der Waals surface area contributed by atoms with Gasteiger partial charge in [0.05, 0.1) is 0 Å². The van der Waals surface area contributed by atoms with E-state index in [4.69, 9.17) is 5.11 Å². The number of aromatic hydroxyl groups is 2. The van der Waals surface area contributed by atoms with Gasteiger partial charge in [-0.25, -0.2) is 4.79 Å². The summed E-state index contributed by atoms with van der Waals surface area (Å²) in [5.74, 6) is -1.01. The molecule has 0 radical (unpaired) electrons. The lowest BCUT2D eigenvalue weighted by molar-refractivity contribution is -0.131. The van der Waals surface area contributed by atoms with E-state index >= 15 is 0 Å². The van der Waals surface area contributed by atoms with Gasteiger partial charge in [0.25, 0.3) is 0 Å². The van der Waals surface area contributed by atoms with Crippen molar-refractivity contribution in [1.29, 1.82) is 0 Å². The number of benzene rings is 1. The third-order valence-corrected chi connectivity index (χ3v) is 2.89. The van der Waals surface area contributed by atoms with Crippen LogP contribution in [0.1, 0.15) is 52.7 Å². The number of rotatable bonds is 1. The molecule has 21 heavy (non-hydrogen) atoms. The van der Waals surface area contributed by atoms with E-state index in [2.05, 4.69) is 27.4 Å². The summed E-state index contributed by atoms with van der Waals surface area (Å²) in [5.41, 5.74) is 1.68. The van der Waals surface area contributed by atoms with Crippen LogP contribution in [0.2, 0.25) is 0 Å². The van der Waals surface area contributed by atoms with Crippen LogP contribution in [-0.2, 0) is 15.6 Å². The molecule has 0 fully saturated rings. The quantitative estimate of drug-likeness (QED) is 0.541. The zero-order chi connectivity index (χ0) is 17.0. The van der Waals surface area contributed by atoms with Crippen molar-refractivity contribution in [2.24, 2.45) is 0 Å². The Morgan fingerprint density at radius 2 is 1.48 bits per heavy atom. The van der Waals surface area contributed by atoms with Crippen LogP contribution in [0.4, 0.5) is 0 Å². The summed E-state index contributed by atoms with van der Waals surface area (Å²) < 4.78 is 0. The summed E-state index contributed by atoms with van der Waals surface area (Å²) in [6.07, 6.45) is 0.833. The summed E-state index contributed by atoms with van der Waals surface area (Å²) in [6, 6.07) is 3.46. The Morgan fingerprint density at radius 1 is 1.05 bits per heavy atom. The van der Waals surface area contributed by atoms with Crippen LogP contribution in [0.3, 0.4) is 0 Å². The van der Waals surface area contributed by atoms with Crippen LogP contribution in [0, 0.1) is 0 Å². The highest BCUT2D eigenvalue weighted by molar-refractivity contribution is 5.78. The van der Waals surface area contributed by atoms with E-state index in [1.807, 2.05) is 26.8 Å². The number of aliphatic carboxylic acids is 1. The van der Waals surface area contributed by atoms with Gasteiger partial charge in [-0.1, -0.05) is 54.2 Å². The highest BCUT2D eigenvalue weighted by Crippen LogP contribution is 2.43. The molecule has 0 aliphatic heterocycles. The molecule has 0 saturated carbocycles. The number of hydrogen-bond donors (Lipinski definition) is 3. The van der Waals surface area contributed by atoms with Gasteiger partial charge < -0.3 is 15.3 Å². The van der Waals surface area contributed by atoms with Gasteiger partial charge in [-0.15, -0.1) is 0 Å². The molecule has 0 bridgehead atoms. The van der Waals surface area contributed by atoms with E-state index in [9.17, 15) is 15.0 Å². The molecule has 4 heteroatoms. The van der Waals surface area contributed by atoms with Crippen molar-refractivity contribution in [2.75, 3.05) is 0 Å². The summed E-state index contributed by atoms with van der Waals surface area (Å²) in [6.45, 7) is 15.4. The molecule has 118 valence electrons. The van der Waals surface area contributed by atoms with E-state index in [1.54, 1.807) is 6.07 Å². The molecule has 1 aromatic rings. The zero-order valence-electron chi connectivity index (χ0n) is 13.7. The lowest BCUT2D eigenvalue weighted by Gasteiger charge is -2.30. The maximum Gasteiger partial charge on any atom is 0.327 e.